The van der Waals surface area contributed by atoms with Gasteiger partial charge in [0.2, 0.25) is 5.91 Å². The normalized spacial score (nSPS) is 11.0. The lowest BCUT2D eigenvalue weighted by molar-refractivity contribution is -0.139. The third-order valence-corrected chi connectivity index (χ3v) is 3.97. The van der Waals surface area contributed by atoms with E-state index in [-0.39, 0.29) is 24.7 Å². The van der Waals surface area contributed by atoms with Gasteiger partial charge in [0.1, 0.15) is 15.6 Å². The van der Waals surface area contributed by atoms with Gasteiger partial charge >= 0.3 is 5.97 Å². The number of hydrogen-bond donors (Lipinski definition) is 2. The van der Waals surface area contributed by atoms with E-state index >= 15 is 0 Å². The van der Waals surface area contributed by atoms with Gasteiger partial charge in [-0.15, -0.1) is 0 Å². The summed E-state index contributed by atoms with van der Waals surface area (Å²) >= 11 is 0. The molecule has 0 heterocycles. The molecular weight excluding hydrogens is 322 g/mol. The lowest BCUT2D eigenvalue weighted by atomic mass is 10.1. The molecule has 1 amide bonds. The van der Waals surface area contributed by atoms with Crippen molar-refractivity contribution in [3.05, 3.63) is 29.8 Å². The van der Waals surface area contributed by atoms with Gasteiger partial charge in [-0.25, -0.2) is 13.2 Å². The summed E-state index contributed by atoms with van der Waals surface area (Å²) in [6.45, 7) is 0.0654. The van der Waals surface area contributed by atoms with Crippen molar-refractivity contribution in [1.29, 1.82) is 0 Å². The van der Waals surface area contributed by atoms with E-state index in [1.165, 1.54) is 0 Å². The highest BCUT2D eigenvalue weighted by Gasteiger charge is 2.06. The molecule has 7 nitrogen and oxygen atoms in total. The number of carboxylic acids is 1. The average molecular weight is 343 g/mol. The smallest absolute Gasteiger partial charge is 0.341 e. The zero-order valence-corrected chi connectivity index (χ0v) is 13.8. The predicted molar refractivity (Wildman–Crippen MR) is 85.2 cm³/mol. The number of carbonyl (C=O) groups excluding carboxylic acids is 1. The molecule has 0 bridgehead atoms. The van der Waals surface area contributed by atoms with Crippen LogP contribution in [0.3, 0.4) is 0 Å². The highest BCUT2D eigenvalue weighted by Crippen LogP contribution is 2.12. The van der Waals surface area contributed by atoms with Crippen LogP contribution in [0, 0.1) is 0 Å². The fraction of sp³-hybridized carbons (Fsp3) is 0.467. The van der Waals surface area contributed by atoms with Crippen molar-refractivity contribution in [1.82, 2.24) is 5.32 Å². The topological polar surface area (TPSA) is 110 Å². The van der Waals surface area contributed by atoms with Crippen molar-refractivity contribution >= 4 is 21.7 Å². The SMILES string of the molecule is CS(=O)(=O)CCCC(=O)NCCc1ccc(OCC(=O)O)cc1. The largest absolute Gasteiger partial charge is 0.482 e. The van der Waals surface area contributed by atoms with Crippen LogP contribution in [0.1, 0.15) is 18.4 Å². The lowest BCUT2D eigenvalue weighted by Gasteiger charge is -2.07. The van der Waals surface area contributed by atoms with Crippen LogP contribution in [0.25, 0.3) is 0 Å². The molecule has 23 heavy (non-hydrogen) atoms. The molecule has 8 heteroatoms. The van der Waals surface area contributed by atoms with Gasteiger partial charge in [-0.3, -0.25) is 4.79 Å². The number of benzene rings is 1. The summed E-state index contributed by atoms with van der Waals surface area (Å²) in [6, 6.07) is 6.94. The monoisotopic (exact) mass is 343 g/mol. The standard InChI is InChI=1S/C15H21NO6S/c1-23(20,21)10-2-3-14(17)16-9-8-12-4-6-13(7-5-12)22-11-15(18)19/h4-7H,2-3,8-11H2,1H3,(H,16,17)(H,18,19). The van der Waals surface area contributed by atoms with E-state index < -0.39 is 15.8 Å². The molecule has 0 spiro atoms. The van der Waals surface area contributed by atoms with E-state index in [0.717, 1.165) is 11.8 Å². The lowest BCUT2D eigenvalue weighted by Crippen LogP contribution is -2.25. The maximum atomic E-state index is 11.5. The summed E-state index contributed by atoms with van der Waals surface area (Å²) in [5.41, 5.74) is 0.976. The fourth-order valence-corrected chi connectivity index (χ4v) is 2.50. The second-order valence-electron chi connectivity index (χ2n) is 5.16. The molecule has 0 aliphatic heterocycles. The molecule has 0 aromatic heterocycles. The molecule has 0 radical (unpaired) electrons. The first-order chi connectivity index (χ1) is 10.8. The van der Waals surface area contributed by atoms with E-state index in [4.69, 9.17) is 9.84 Å². The Morgan fingerprint density at radius 1 is 1.22 bits per heavy atom. The number of carbonyl (C=O) groups is 2. The molecule has 1 aromatic rings. The first kappa shape index (κ1) is 19.0. The highest BCUT2D eigenvalue weighted by atomic mass is 32.2. The summed E-state index contributed by atoms with van der Waals surface area (Å²) in [4.78, 5) is 21.9. The first-order valence-corrected chi connectivity index (χ1v) is 9.20. The van der Waals surface area contributed by atoms with Crippen molar-refractivity contribution in [2.75, 3.05) is 25.2 Å². The molecule has 128 valence electrons. The van der Waals surface area contributed by atoms with E-state index in [0.29, 0.717) is 25.1 Å². The predicted octanol–water partition coefficient (Wildman–Crippen LogP) is 0.634. The van der Waals surface area contributed by atoms with Crippen LogP contribution in [0.5, 0.6) is 5.75 Å². The van der Waals surface area contributed by atoms with Gasteiger partial charge in [0.15, 0.2) is 6.61 Å². The molecule has 2 N–H and O–H groups in total. The minimum atomic E-state index is -3.03. The Morgan fingerprint density at radius 3 is 2.43 bits per heavy atom. The molecule has 0 aliphatic carbocycles. The Balaban J connectivity index is 2.24. The van der Waals surface area contributed by atoms with Gasteiger partial charge in [0.25, 0.3) is 0 Å². The summed E-state index contributed by atoms with van der Waals surface area (Å²) in [7, 11) is -3.03. The number of nitrogens with one attached hydrogen (secondary N) is 1. The number of sulfone groups is 1. The Kier molecular flexibility index (Phi) is 7.53. The first-order valence-electron chi connectivity index (χ1n) is 7.14. The molecule has 1 aromatic carbocycles. The molecule has 0 saturated carbocycles. The second kappa shape index (κ2) is 9.14. The molecule has 0 fully saturated rings. The fourth-order valence-electron chi connectivity index (χ4n) is 1.83. The Morgan fingerprint density at radius 2 is 1.87 bits per heavy atom. The van der Waals surface area contributed by atoms with Gasteiger partial charge in [0.05, 0.1) is 5.75 Å². The van der Waals surface area contributed by atoms with Crippen molar-refractivity contribution in [3.63, 3.8) is 0 Å². The zero-order chi connectivity index (χ0) is 17.3. The van der Waals surface area contributed by atoms with E-state index in [1.807, 2.05) is 0 Å². The summed E-state index contributed by atoms with van der Waals surface area (Å²) in [5.74, 6) is -0.721. The molecule has 0 unspecified atom stereocenters. The van der Waals surface area contributed by atoms with E-state index in [1.54, 1.807) is 24.3 Å². The third-order valence-electron chi connectivity index (χ3n) is 2.94. The van der Waals surface area contributed by atoms with Gasteiger partial charge in [-0.2, -0.15) is 0 Å². The van der Waals surface area contributed by atoms with Gasteiger partial charge in [-0.1, -0.05) is 12.1 Å². The van der Waals surface area contributed by atoms with Crippen LogP contribution in [0.2, 0.25) is 0 Å². The summed E-state index contributed by atoms with van der Waals surface area (Å²) in [6.07, 6.45) is 2.28. The maximum absolute atomic E-state index is 11.5. The number of aliphatic carboxylic acids is 1. The molecule has 1 rings (SSSR count). The maximum Gasteiger partial charge on any atom is 0.341 e. The third kappa shape index (κ3) is 9.51. The molecular formula is C15H21NO6S. The summed E-state index contributed by atoms with van der Waals surface area (Å²) < 4.78 is 26.9. The Hall–Kier alpha value is -2.09. The van der Waals surface area contributed by atoms with Crippen LogP contribution in [-0.4, -0.2) is 50.6 Å². The Labute approximate surface area is 135 Å². The van der Waals surface area contributed by atoms with Crippen molar-refractivity contribution in [2.45, 2.75) is 19.3 Å². The minimum Gasteiger partial charge on any atom is -0.482 e. The Bertz CT molecular complexity index is 624. The van der Waals surface area contributed by atoms with E-state index in [2.05, 4.69) is 5.32 Å². The van der Waals surface area contributed by atoms with Crippen molar-refractivity contribution in [3.8, 4) is 5.75 Å². The van der Waals surface area contributed by atoms with Crippen molar-refractivity contribution < 1.29 is 27.9 Å². The van der Waals surface area contributed by atoms with Gasteiger partial charge < -0.3 is 15.2 Å². The number of amides is 1. The number of hydrogen-bond acceptors (Lipinski definition) is 5. The summed E-state index contributed by atoms with van der Waals surface area (Å²) in [5, 5.41) is 11.2. The van der Waals surface area contributed by atoms with Crippen LogP contribution in [0.15, 0.2) is 24.3 Å². The number of ether oxygens (including phenoxy) is 1. The zero-order valence-electron chi connectivity index (χ0n) is 12.9. The second-order valence-corrected chi connectivity index (χ2v) is 7.42. The number of rotatable bonds is 10. The molecule has 0 aliphatic rings. The van der Waals surface area contributed by atoms with Crippen LogP contribution < -0.4 is 10.1 Å². The van der Waals surface area contributed by atoms with E-state index in [9.17, 15) is 18.0 Å². The number of carboxylic acid groups (broad SMARTS) is 1. The quantitative estimate of drug-likeness (QED) is 0.645. The van der Waals surface area contributed by atoms with Gasteiger partial charge in [-0.05, 0) is 30.5 Å². The highest BCUT2D eigenvalue weighted by molar-refractivity contribution is 7.90. The average Bonchev–Trinajstić information content (AvgIpc) is 2.45. The minimum absolute atomic E-state index is 0.0121. The molecule has 0 saturated heterocycles. The molecule has 0 atom stereocenters. The van der Waals surface area contributed by atoms with Crippen LogP contribution in [-0.2, 0) is 25.8 Å². The van der Waals surface area contributed by atoms with Gasteiger partial charge in [0, 0.05) is 19.2 Å². The van der Waals surface area contributed by atoms with Crippen molar-refractivity contribution in [2.24, 2.45) is 0 Å². The van der Waals surface area contributed by atoms with Crippen LogP contribution >= 0.6 is 0 Å². The van der Waals surface area contributed by atoms with Crippen LogP contribution in [0.4, 0.5) is 0 Å².